The molecule has 2 atom stereocenters. The molecule has 0 radical (unpaired) electrons. The third kappa shape index (κ3) is 2.15. The Labute approximate surface area is 112 Å². The van der Waals surface area contributed by atoms with Gasteiger partial charge in [0.05, 0.1) is 10.7 Å². The van der Waals surface area contributed by atoms with Gasteiger partial charge in [-0.05, 0) is 24.8 Å². The van der Waals surface area contributed by atoms with E-state index < -0.39 is 0 Å². The molecule has 94 valence electrons. The molecule has 1 aromatic carbocycles. The van der Waals surface area contributed by atoms with E-state index in [9.17, 15) is 0 Å². The second-order valence-electron chi connectivity index (χ2n) is 5.27. The van der Waals surface area contributed by atoms with Gasteiger partial charge in [0.2, 0.25) is 0 Å². The Balaban J connectivity index is 1.88. The maximum atomic E-state index is 6.00. The molecule has 3 rings (SSSR count). The normalized spacial score (nSPS) is 23.4. The Bertz CT molecular complexity index is 547. The first-order valence-electron chi connectivity index (χ1n) is 6.54. The molecule has 1 aliphatic rings. The monoisotopic (exact) mass is 258 g/mol. The van der Waals surface area contributed by atoms with Crippen LogP contribution >= 0.6 is 11.3 Å². The SMILES string of the molecule is CC1CCC(c2nc(-c3ccccc3N)cs2)C1. The van der Waals surface area contributed by atoms with Crippen molar-refractivity contribution in [1.29, 1.82) is 0 Å². The van der Waals surface area contributed by atoms with Crippen LogP contribution in [0.3, 0.4) is 0 Å². The molecule has 2 aromatic rings. The van der Waals surface area contributed by atoms with Crippen LogP contribution in [0.4, 0.5) is 5.69 Å². The fraction of sp³-hybridized carbons (Fsp3) is 0.400. The van der Waals surface area contributed by atoms with Crippen molar-refractivity contribution in [3.8, 4) is 11.3 Å². The first-order chi connectivity index (χ1) is 8.74. The predicted molar refractivity (Wildman–Crippen MR) is 77.7 cm³/mol. The van der Waals surface area contributed by atoms with Gasteiger partial charge < -0.3 is 5.73 Å². The average Bonchev–Trinajstić information content (AvgIpc) is 2.98. The van der Waals surface area contributed by atoms with Gasteiger partial charge in [-0.2, -0.15) is 0 Å². The van der Waals surface area contributed by atoms with E-state index in [0.29, 0.717) is 5.92 Å². The van der Waals surface area contributed by atoms with Crippen LogP contribution in [-0.4, -0.2) is 4.98 Å². The molecule has 0 aliphatic heterocycles. The Kier molecular flexibility index (Phi) is 3.08. The zero-order valence-corrected chi connectivity index (χ0v) is 11.4. The molecular formula is C15H18N2S. The topological polar surface area (TPSA) is 38.9 Å². The van der Waals surface area contributed by atoms with Crippen LogP contribution in [0.15, 0.2) is 29.6 Å². The molecule has 1 heterocycles. The van der Waals surface area contributed by atoms with Gasteiger partial charge in [0, 0.05) is 22.5 Å². The van der Waals surface area contributed by atoms with Crippen molar-refractivity contribution < 1.29 is 0 Å². The van der Waals surface area contributed by atoms with Crippen molar-refractivity contribution in [2.45, 2.75) is 32.1 Å². The predicted octanol–water partition coefficient (Wildman–Crippen LogP) is 4.30. The number of anilines is 1. The summed E-state index contributed by atoms with van der Waals surface area (Å²) in [5, 5.41) is 3.43. The summed E-state index contributed by atoms with van der Waals surface area (Å²) in [6.45, 7) is 2.34. The molecule has 1 saturated carbocycles. The molecular weight excluding hydrogens is 240 g/mol. The molecule has 3 heteroatoms. The number of benzene rings is 1. The molecule has 0 amide bonds. The van der Waals surface area contributed by atoms with Gasteiger partial charge in [-0.1, -0.05) is 31.5 Å². The minimum atomic E-state index is 0.670. The molecule has 2 unspecified atom stereocenters. The number of para-hydroxylation sites is 1. The lowest BCUT2D eigenvalue weighted by Gasteiger charge is -2.05. The van der Waals surface area contributed by atoms with Crippen molar-refractivity contribution in [3.63, 3.8) is 0 Å². The fourth-order valence-electron chi connectivity index (χ4n) is 2.76. The van der Waals surface area contributed by atoms with Crippen molar-refractivity contribution in [1.82, 2.24) is 4.98 Å². The van der Waals surface area contributed by atoms with E-state index in [1.54, 1.807) is 11.3 Å². The Morgan fingerprint density at radius 1 is 1.28 bits per heavy atom. The molecule has 2 N–H and O–H groups in total. The van der Waals surface area contributed by atoms with Crippen LogP contribution in [0, 0.1) is 5.92 Å². The molecule has 1 aromatic heterocycles. The van der Waals surface area contributed by atoms with Crippen molar-refractivity contribution in [3.05, 3.63) is 34.7 Å². The zero-order chi connectivity index (χ0) is 12.5. The number of hydrogen-bond acceptors (Lipinski definition) is 3. The average molecular weight is 258 g/mol. The number of nitrogens with zero attached hydrogens (tertiary/aromatic N) is 1. The summed E-state index contributed by atoms with van der Waals surface area (Å²) < 4.78 is 0. The van der Waals surface area contributed by atoms with Crippen molar-refractivity contribution in [2.24, 2.45) is 5.92 Å². The second kappa shape index (κ2) is 4.73. The Hall–Kier alpha value is -1.35. The lowest BCUT2D eigenvalue weighted by atomic mass is 10.1. The Morgan fingerprint density at radius 3 is 2.83 bits per heavy atom. The quantitative estimate of drug-likeness (QED) is 0.816. The molecule has 0 bridgehead atoms. The van der Waals surface area contributed by atoms with Gasteiger partial charge in [0.15, 0.2) is 0 Å². The number of thiazole rings is 1. The highest BCUT2D eigenvalue weighted by atomic mass is 32.1. The maximum Gasteiger partial charge on any atom is 0.0963 e. The summed E-state index contributed by atoms with van der Waals surface area (Å²) in [5.74, 6) is 1.52. The summed E-state index contributed by atoms with van der Waals surface area (Å²) in [6.07, 6.45) is 3.92. The van der Waals surface area contributed by atoms with E-state index in [2.05, 4.69) is 12.3 Å². The van der Waals surface area contributed by atoms with E-state index in [1.165, 1.54) is 24.3 Å². The highest BCUT2D eigenvalue weighted by Gasteiger charge is 2.25. The lowest BCUT2D eigenvalue weighted by molar-refractivity contribution is 0.596. The number of nitrogen functional groups attached to an aromatic ring is 1. The standard InChI is InChI=1S/C15H18N2S/c1-10-6-7-11(8-10)15-17-14(9-18-15)12-4-2-3-5-13(12)16/h2-5,9-11H,6-8,16H2,1H3. The molecule has 1 aliphatic carbocycles. The highest BCUT2D eigenvalue weighted by molar-refractivity contribution is 7.10. The van der Waals surface area contributed by atoms with Gasteiger partial charge >= 0.3 is 0 Å². The first-order valence-corrected chi connectivity index (χ1v) is 7.42. The zero-order valence-electron chi connectivity index (χ0n) is 10.6. The third-order valence-corrected chi connectivity index (χ3v) is 4.81. The largest absolute Gasteiger partial charge is 0.398 e. The number of hydrogen-bond donors (Lipinski definition) is 1. The minimum absolute atomic E-state index is 0.670. The van der Waals surface area contributed by atoms with E-state index in [0.717, 1.165) is 22.9 Å². The van der Waals surface area contributed by atoms with Crippen LogP contribution in [0.25, 0.3) is 11.3 Å². The van der Waals surface area contributed by atoms with E-state index in [4.69, 9.17) is 10.7 Å². The highest BCUT2D eigenvalue weighted by Crippen LogP contribution is 2.40. The van der Waals surface area contributed by atoms with E-state index >= 15 is 0 Å². The molecule has 2 nitrogen and oxygen atoms in total. The lowest BCUT2D eigenvalue weighted by Crippen LogP contribution is -1.94. The first kappa shape index (κ1) is 11.7. The molecule has 0 saturated heterocycles. The number of nitrogens with two attached hydrogens (primary N) is 1. The van der Waals surface area contributed by atoms with Crippen molar-refractivity contribution in [2.75, 3.05) is 5.73 Å². The summed E-state index contributed by atoms with van der Waals surface area (Å²) >= 11 is 1.79. The fourth-order valence-corrected chi connectivity index (χ4v) is 3.73. The number of rotatable bonds is 2. The summed E-state index contributed by atoms with van der Waals surface area (Å²) in [5.41, 5.74) is 8.91. The maximum absolute atomic E-state index is 6.00. The molecule has 1 fully saturated rings. The third-order valence-electron chi connectivity index (χ3n) is 3.80. The van der Waals surface area contributed by atoms with E-state index in [1.807, 2.05) is 24.3 Å². The molecule has 0 spiro atoms. The Morgan fingerprint density at radius 2 is 2.11 bits per heavy atom. The van der Waals surface area contributed by atoms with Gasteiger partial charge in [0.25, 0.3) is 0 Å². The summed E-state index contributed by atoms with van der Waals surface area (Å²) in [7, 11) is 0. The van der Waals surface area contributed by atoms with Crippen LogP contribution in [0.5, 0.6) is 0 Å². The second-order valence-corrected chi connectivity index (χ2v) is 6.16. The van der Waals surface area contributed by atoms with Crippen LogP contribution < -0.4 is 5.73 Å². The smallest absolute Gasteiger partial charge is 0.0963 e. The van der Waals surface area contributed by atoms with Gasteiger partial charge in [0.1, 0.15) is 0 Å². The summed E-state index contributed by atoms with van der Waals surface area (Å²) in [6, 6.07) is 7.96. The van der Waals surface area contributed by atoms with Crippen LogP contribution in [0.1, 0.15) is 37.1 Å². The van der Waals surface area contributed by atoms with Crippen molar-refractivity contribution >= 4 is 17.0 Å². The van der Waals surface area contributed by atoms with Gasteiger partial charge in [-0.25, -0.2) is 4.98 Å². The van der Waals surface area contributed by atoms with Crippen LogP contribution in [0.2, 0.25) is 0 Å². The van der Waals surface area contributed by atoms with Gasteiger partial charge in [-0.15, -0.1) is 11.3 Å². The summed E-state index contributed by atoms with van der Waals surface area (Å²) in [4.78, 5) is 4.80. The van der Waals surface area contributed by atoms with Crippen LogP contribution in [-0.2, 0) is 0 Å². The minimum Gasteiger partial charge on any atom is -0.398 e. The molecule has 18 heavy (non-hydrogen) atoms. The number of aromatic nitrogens is 1. The van der Waals surface area contributed by atoms with Gasteiger partial charge in [-0.3, -0.25) is 0 Å². The van der Waals surface area contributed by atoms with E-state index in [-0.39, 0.29) is 0 Å².